The number of aromatic carboxylic acids is 1. The summed E-state index contributed by atoms with van der Waals surface area (Å²) >= 11 is 0. The van der Waals surface area contributed by atoms with Crippen molar-refractivity contribution in [3.05, 3.63) is 24.0 Å². The second-order valence-corrected chi connectivity index (χ2v) is 1.99. The molecule has 1 aromatic rings. The molecule has 0 aliphatic carbocycles. The number of nitrogens with one attached hydrogen (secondary N) is 1. The van der Waals surface area contributed by atoms with Crippen molar-refractivity contribution in [2.24, 2.45) is 0 Å². The lowest BCUT2D eigenvalue weighted by Gasteiger charge is -2.01. The molecule has 0 saturated heterocycles. The summed E-state index contributed by atoms with van der Waals surface area (Å²) in [6.45, 7) is 0. The molecule has 0 fully saturated rings. The van der Waals surface area contributed by atoms with Crippen LogP contribution in [-0.2, 0) is 4.79 Å². The van der Waals surface area contributed by atoms with Crippen molar-refractivity contribution in [3.63, 3.8) is 0 Å². The molecule has 0 saturated carbocycles. The average Bonchev–Trinajstić information content (AvgIpc) is 2.05. The molecule has 12 heavy (non-hydrogen) atoms. The quantitative estimate of drug-likeness (QED) is 0.635. The second kappa shape index (κ2) is 3.47. The summed E-state index contributed by atoms with van der Waals surface area (Å²) in [5.74, 6) is -1.12. The number of carbonyl (C=O) groups excluding carboxylic acids is 1. The van der Waals surface area contributed by atoms with Crippen LogP contribution < -0.4 is 5.32 Å². The number of rotatable bonds is 3. The summed E-state index contributed by atoms with van der Waals surface area (Å²) in [4.78, 5) is 24.1. The summed E-state index contributed by atoms with van der Waals surface area (Å²) < 4.78 is 0. The first-order valence-electron chi connectivity index (χ1n) is 3.13. The SMILES string of the molecule is O=CNc1ccncc1C(=O)O. The molecule has 1 rings (SSSR count). The van der Waals surface area contributed by atoms with Crippen LogP contribution in [0.2, 0.25) is 0 Å². The van der Waals surface area contributed by atoms with E-state index in [4.69, 9.17) is 5.11 Å². The summed E-state index contributed by atoms with van der Waals surface area (Å²) in [6, 6.07) is 1.41. The van der Waals surface area contributed by atoms with E-state index in [0.717, 1.165) is 0 Å². The molecule has 1 amide bonds. The molecule has 0 bridgehead atoms. The molecule has 0 aromatic carbocycles. The van der Waals surface area contributed by atoms with E-state index < -0.39 is 5.97 Å². The topological polar surface area (TPSA) is 79.3 Å². The highest BCUT2D eigenvalue weighted by atomic mass is 16.4. The van der Waals surface area contributed by atoms with Crippen LogP contribution in [0, 0.1) is 0 Å². The van der Waals surface area contributed by atoms with Crippen LogP contribution in [0.5, 0.6) is 0 Å². The van der Waals surface area contributed by atoms with Crippen molar-refractivity contribution in [3.8, 4) is 0 Å². The highest BCUT2D eigenvalue weighted by Crippen LogP contribution is 2.11. The molecule has 2 N–H and O–H groups in total. The van der Waals surface area contributed by atoms with E-state index in [9.17, 15) is 9.59 Å². The number of carboxylic acid groups (broad SMARTS) is 1. The number of nitrogens with zero attached hydrogens (tertiary/aromatic N) is 1. The summed E-state index contributed by atoms with van der Waals surface area (Å²) in [5, 5.41) is 10.9. The standard InChI is InChI=1S/C7H6N2O3/c10-4-9-6-1-2-8-3-5(6)7(11)12/h1-4H,(H,11,12)(H,8,9,10). The van der Waals surface area contributed by atoms with E-state index in [1.807, 2.05) is 0 Å². The lowest BCUT2D eigenvalue weighted by molar-refractivity contribution is -0.105. The minimum Gasteiger partial charge on any atom is -0.478 e. The maximum Gasteiger partial charge on any atom is 0.339 e. The maximum absolute atomic E-state index is 10.5. The van der Waals surface area contributed by atoms with Gasteiger partial charge >= 0.3 is 5.97 Å². The third-order valence-electron chi connectivity index (χ3n) is 1.27. The molecule has 0 radical (unpaired) electrons. The molecule has 0 aliphatic rings. The van der Waals surface area contributed by atoms with Crippen molar-refractivity contribution < 1.29 is 14.7 Å². The number of hydrogen-bond donors (Lipinski definition) is 2. The third kappa shape index (κ3) is 1.57. The van der Waals surface area contributed by atoms with Crippen molar-refractivity contribution in [1.82, 2.24) is 4.98 Å². The molecule has 0 unspecified atom stereocenters. The Bertz CT molecular complexity index is 311. The van der Waals surface area contributed by atoms with E-state index in [1.165, 1.54) is 18.5 Å². The van der Waals surface area contributed by atoms with Gasteiger partial charge in [0.25, 0.3) is 0 Å². The Morgan fingerprint density at radius 2 is 2.42 bits per heavy atom. The molecule has 5 heteroatoms. The molecular weight excluding hydrogens is 160 g/mol. The number of carboxylic acids is 1. The highest BCUT2D eigenvalue weighted by molar-refractivity contribution is 5.95. The first-order valence-corrected chi connectivity index (χ1v) is 3.13. The maximum atomic E-state index is 10.5. The molecule has 0 aliphatic heterocycles. The van der Waals surface area contributed by atoms with Crippen LogP contribution in [0.1, 0.15) is 10.4 Å². The van der Waals surface area contributed by atoms with Gasteiger partial charge in [0.1, 0.15) is 5.56 Å². The zero-order chi connectivity index (χ0) is 8.97. The zero-order valence-electron chi connectivity index (χ0n) is 6.02. The fourth-order valence-corrected chi connectivity index (χ4v) is 0.754. The summed E-state index contributed by atoms with van der Waals surface area (Å²) in [6.07, 6.45) is 2.99. The first-order chi connectivity index (χ1) is 5.75. The van der Waals surface area contributed by atoms with Gasteiger partial charge in [-0.05, 0) is 6.07 Å². The van der Waals surface area contributed by atoms with E-state index in [0.29, 0.717) is 6.41 Å². The van der Waals surface area contributed by atoms with Crippen LogP contribution in [-0.4, -0.2) is 22.5 Å². The van der Waals surface area contributed by atoms with Gasteiger partial charge in [0.15, 0.2) is 0 Å². The van der Waals surface area contributed by atoms with Crippen LogP contribution in [0.25, 0.3) is 0 Å². The van der Waals surface area contributed by atoms with Crippen molar-refractivity contribution in [1.29, 1.82) is 0 Å². The van der Waals surface area contributed by atoms with Crippen molar-refractivity contribution in [2.75, 3.05) is 5.32 Å². The number of amides is 1. The largest absolute Gasteiger partial charge is 0.478 e. The predicted molar refractivity (Wildman–Crippen MR) is 40.9 cm³/mol. The van der Waals surface area contributed by atoms with Crippen LogP contribution in [0.4, 0.5) is 5.69 Å². The second-order valence-electron chi connectivity index (χ2n) is 1.99. The van der Waals surface area contributed by atoms with Gasteiger partial charge in [0.2, 0.25) is 6.41 Å². The van der Waals surface area contributed by atoms with E-state index in [2.05, 4.69) is 10.3 Å². The van der Waals surface area contributed by atoms with E-state index in [1.54, 1.807) is 0 Å². The van der Waals surface area contributed by atoms with Gasteiger partial charge in [-0.2, -0.15) is 0 Å². The smallest absolute Gasteiger partial charge is 0.339 e. The Balaban J connectivity index is 3.07. The first kappa shape index (κ1) is 8.19. The lowest BCUT2D eigenvalue weighted by atomic mass is 10.2. The molecule has 1 aromatic heterocycles. The molecule has 62 valence electrons. The van der Waals surface area contributed by atoms with Gasteiger partial charge in [-0.15, -0.1) is 0 Å². The molecule has 0 spiro atoms. The van der Waals surface area contributed by atoms with Crippen molar-refractivity contribution in [2.45, 2.75) is 0 Å². The van der Waals surface area contributed by atoms with Crippen LogP contribution in [0.3, 0.4) is 0 Å². The Morgan fingerprint density at radius 1 is 1.67 bits per heavy atom. The zero-order valence-corrected chi connectivity index (χ0v) is 6.02. The monoisotopic (exact) mass is 166 g/mol. The molecular formula is C7H6N2O3. The van der Waals surface area contributed by atoms with Gasteiger partial charge in [-0.3, -0.25) is 9.78 Å². The van der Waals surface area contributed by atoms with Crippen LogP contribution in [0.15, 0.2) is 18.5 Å². The minimum absolute atomic E-state index is 0.0235. The molecule has 5 nitrogen and oxygen atoms in total. The van der Waals surface area contributed by atoms with Gasteiger partial charge in [-0.25, -0.2) is 4.79 Å². The lowest BCUT2D eigenvalue weighted by Crippen LogP contribution is -2.04. The van der Waals surface area contributed by atoms with E-state index in [-0.39, 0.29) is 11.3 Å². The third-order valence-corrected chi connectivity index (χ3v) is 1.27. The number of hydrogen-bond acceptors (Lipinski definition) is 3. The number of anilines is 1. The average molecular weight is 166 g/mol. The molecule has 0 atom stereocenters. The van der Waals surface area contributed by atoms with Gasteiger partial charge < -0.3 is 10.4 Å². The predicted octanol–water partition coefficient (Wildman–Crippen LogP) is 0.348. The van der Waals surface area contributed by atoms with Gasteiger partial charge in [-0.1, -0.05) is 0 Å². The Morgan fingerprint density at radius 3 is 3.00 bits per heavy atom. The fourth-order valence-electron chi connectivity index (χ4n) is 0.754. The minimum atomic E-state index is -1.12. The normalized spacial score (nSPS) is 9.00. The fraction of sp³-hybridized carbons (Fsp3) is 0. The number of carbonyl (C=O) groups is 2. The number of aromatic nitrogens is 1. The van der Waals surface area contributed by atoms with Crippen LogP contribution >= 0.6 is 0 Å². The van der Waals surface area contributed by atoms with Gasteiger partial charge in [0.05, 0.1) is 5.69 Å². The van der Waals surface area contributed by atoms with Crippen molar-refractivity contribution >= 4 is 18.1 Å². The summed E-state index contributed by atoms with van der Waals surface area (Å²) in [5.41, 5.74) is 0.220. The number of pyridine rings is 1. The highest BCUT2D eigenvalue weighted by Gasteiger charge is 2.07. The van der Waals surface area contributed by atoms with Gasteiger partial charge in [0, 0.05) is 12.4 Å². The van der Waals surface area contributed by atoms with E-state index >= 15 is 0 Å². The Labute approximate surface area is 68.0 Å². The Kier molecular flexibility index (Phi) is 2.37. The molecule has 1 heterocycles. The Hall–Kier alpha value is -1.91. The summed E-state index contributed by atoms with van der Waals surface area (Å²) in [7, 11) is 0.